The molecule has 0 saturated heterocycles. The van der Waals surface area contributed by atoms with Crippen molar-refractivity contribution in [3.05, 3.63) is 35.1 Å². The maximum Gasteiger partial charge on any atom is 0.419 e. The van der Waals surface area contributed by atoms with Gasteiger partial charge in [0.2, 0.25) is 0 Å². The minimum absolute atomic E-state index is 0.202. The monoisotopic (exact) mass is 236 g/mol. The maximum absolute atomic E-state index is 13.0. The van der Waals surface area contributed by atoms with Gasteiger partial charge in [0.15, 0.2) is 0 Å². The predicted octanol–water partition coefficient (Wildman–Crippen LogP) is 3.59. The predicted molar refractivity (Wildman–Crippen MR) is 51.7 cm³/mol. The highest BCUT2D eigenvalue weighted by Crippen LogP contribution is 2.33. The summed E-state index contributed by atoms with van der Waals surface area (Å²) in [4.78, 5) is 0. The van der Waals surface area contributed by atoms with Crippen molar-refractivity contribution in [2.75, 3.05) is 13.7 Å². The van der Waals surface area contributed by atoms with Crippen molar-refractivity contribution < 1.29 is 22.3 Å². The number of halogens is 4. The van der Waals surface area contributed by atoms with Gasteiger partial charge in [-0.1, -0.05) is 13.0 Å². The zero-order valence-electron chi connectivity index (χ0n) is 8.94. The van der Waals surface area contributed by atoms with Crippen LogP contribution in [0.3, 0.4) is 0 Å². The first-order chi connectivity index (χ1) is 7.36. The minimum Gasteiger partial charge on any atom is -0.384 e. The largest absolute Gasteiger partial charge is 0.419 e. The number of alkyl halides is 3. The maximum atomic E-state index is 13.0. The molecule has 0 aliphatic heterocycles. The van der Waals surface area contributed by atoms with Crippen LogP contribution >= 0.6 is 0 Å². The van der Waals surface area contributed by atoms with Gasteiger partial charge in [0, 0.05) is 13.0 Å². The van der Waals surface area contributed by atoms with E-state index < -0.39 is 17.6 Å². The van der Waals surface area contributed by atoms with E-state index in [0.717, 1.165) is 12.1 Å². The van der Waals surface area contributed by atoms with Gasteiger partial charge < -0.3 is 4.74 Å². The molecule has 0 amide bonds. The van der Waals surface area contributed by atoms with E-state index in [1.54, 1.807) is 6.92 Å². The van der Waals surface area contributed by atoms with E-state index in [0.29, 0.717) is 12.2 Å². The van der Waals surface area contributed by atoms with Gasteiger partial charge in [-0.2, -0.15) is 13.2 Å². The molecule has 0 unspecified atom stereocenters. The highest BCUT2D eigenvalue weighted by Gasteiger charge is 2.34. The lowest BCUT2D eigenvalue weighted by molar-refractivity contribution is -0.140. The van der Waals surface area contributed by atoms with Gasteiger partial charge in [0.25, 0.3) is 0 Å². The van der Waals surface area contributed by atoms with E-state index in [-0.39, 0.29) is 5.92 Å². The Morgan fingerprint density at radius 3 is 2.44 bits per heavy atom. The van der Waals surface area contributed by atoms with E-state index in [4.69, 9.17) is 4.74 Å². The van der Waals surface area contributed by atoms with Crippen LogP contribution in [-0.4, -0.2) is 13.7 Å². The van der Waals surface area contributed by atoms with Gasteiger partial charge in [-0.25, -0.2) is 4.39 Å². The third-order valence-corrected chi connectivity index (χ3v) is 2.28. The molecule has 0 heterocycles. The molecule has 1 nitrogen and oxygen atoms in total. The van der Waals surface area contributed by atoms with E-state index in [1.807, 2.05) is 0 Å². The van der Waals surface area contributed by atoms with E-state index in [9.17, 15) is 17.6 Å². The molecule has 0 aromatic heterocycles. The van der Waals surface area contributed by atoms with Crippen molar-refractivity contribution in [3.63, 3.8) is 0 Å². The SMILES string of the molecule is COC[C@@H](C)c1ccc(F)c(C(F)(F)F)c1. The number of ether oxygens (including phenoxy) is 1. The minimum atomic E-state index is -4.66. The van der Waals surface area contributed by atoms with E-state index in [1.165, 1.54) is 13.2 Å². The van der Waals surface area contributed by atoms with Crippen LogP contribution in [0, 0.1) is 5.82 Å². The highest BCUT2D eigenvalue weighted by molar-refractivity contribution is 5.29. The molecule has 0 spiro atoms. The first-order valence-electron chi connectivity index (χ1n) is 4.72. The van der Waals surface area contributed by atoms with Crippen molar-refractivity contribution in [1.29, 1.82) is 0 Å². The summed E-state index contributed by atoms with van der Waals surface area (Å²) in [5.41, 5.74) is -0.816. The fourth-order valence-electron chi connectivity index (χ4n) is 1.41. The first-order valence-corrected chi connectivity index (χ1v) is 4.72. The Bertz CT molecular complexity index is 359. The van der Waals surface area contributed by atoms with Crippen LogP contribution in [0.15, 0.2) is 18.2 Å². The van der Waals surface area contributed by atoms with Crippen LogP contribution in [0.25, 0.3) is 0 Å². The Labute approximate surface area is 91.0 Å². The Morgan fingerprint density at radius 2 is 1.94 bits per heavy atom. The standard InChI is InChI=1S/C11H12F4O/c1-7(6-16-2)8-3-4-10(12)9(5-8)11(13,14)15/h3-5,7H,6H2,1-2H3/t7-/m1/s1. The summed E-state index contributed by atoms with van der Waals surface area (Å²) in [6.45, 7) is 2.01. The molecular weight excluding hydrogens is 224 g/mol. The third-order valence-electron chi connectivity index (χ3n) is 2.28. The molecule has 1 atom stereocenters. The van der Waals surface area contributed by atoms with Crippen molar-refractivity contribution in [2.24, 2.45) is 0 Å². The molecule has 0 N–H and O–H groups in total. The van der Waals surface area contributed by atoms with Gasteiger partial charge in [-0.05, 0) is 17.7 Å². The van der Waals surface area contributed by atoms with Crippen molar-refractivity contribution in [1.82, 2.24) is 0 Å². The lowest BCUT2D eigenvalue weighted by atomic mass is 9.99. The van der Waals surface area contributed by atoms with Gasteiger partial charge in [0.05, 0.1) is 12.2 Å². The van der Waals surface area contributed by atoms with Gasteiger partial charge in [-0.3, -0.25) is 0 Å². The zero-order valence-corrected chi connectivity index (χ0v) is 8.94. The smallest absolute Gasteiger partial charge is 0.384 e. The quantitative estimate of drug-likeness (QED) is 0.728. The number of benzene rings is 1. The topological polar surface area (TPSA) is 9.23 Å². The normalized spacial score (nSPS) is 13.9. The molecule has 0 aliphatic rings. The molecule has 0 radical (unpaired) electrons. The number of rotatable bonds is 3. The molecule has 0 fully saturated rings. The number of hydrogen-bond donors (Lipinski definition) is 0. The summed E-state index contributed by atoms with van der Waals surface area (Å²) < 4.78 is 55.0. The summed E-state index contributed by atoms with van der Waals surface area (Å²) in [5.74, 6) is -1.45. The zero-order chi connectivity index (χ0) is 12.3. The lowest BCUT2D eigenvalue weighted by Gasteiger charge is -2.14. The average molecular weight is 236 g/mol. The second-order valence-corrected chi connectivity index (χ2v) is 3.59. The Kier molecular flexibility index (Phi) is 3.91. The molecule has 1 aromatic rings. The van der Waals surface area contributed by atoms with Gasteiger partial charge in [0.1, 0.15) is 5.82 Å². The lowest BCUT2D eigenvalue weighted by Crippen LogP contribution is -2.10. The summed E-state index contributed by atoms with van der Waals surface area (Å²) in [7, 11) is 1.46. The molecule has 0 saturated carbocycles. The number of methoxy groups -OCH3 is 1. The van der Waals surface area contributed by atoms with Gasteiger partial charge >= 0.3 is 6.18 Å². The fraction of sp³-hybridized carbons (Fsp3) is 0.455. The third kappa shape index (κ3) is 2.95. The highest BCUT2D eigenvalue weighted by atomic mass is 19.4. The van der Waals surface area contributed by atoms with Crippen molar-refractivity contribution in [3.8, 4) is 0 Å². The first kappa shape index (κ1) is 13.0. The molecule has 0 bridgehead atoms. The Morgan fingerprint density at radius 1 is 1.31 bits per heavy atom. The van der Waals surface area contributed by atoms with Gasteiger partial charge in [-0.15, -0.1) is 0 Å². The van der Waals surface area contributed by atoms with Crippen LogP contribution in [-0.2, 0) is 10.9 Å². The summed E-state index contributed by atoms with van der Waals surface area (Å²) in [6.07, 6.45) is -4.66. The van der Waals surface area contributed by atoms with Crippen LogP contribution in [0.1, 0.15) is 24.0 Å². The Balaban J connectivity index is 3.07. The van der Waals surface area contributed by atoms with Crippen LogP contribution in [0.2, 0.25) is 0 Å². The van der Waals surface area contributed by atoms with Crippen molar-refractivity contribution in [2.45, 2.75) is 19.0 Å². The van der Waals surface area contributed by atoms with Crippen molar-refractivity contribution >= 4 is 0 Å². The fourth-order valence-corrected chi connectivity index (χ4v) is 1.41. The summed E-state index contributed by atoms with van der Waals surface area (Å²) in [6, 6.07) is 3.01. The molecule has 5 heteroatoms. The van der Waals surface area contributed by atoms with Crippen LogP contribution < -0.4 is 0 Å². The number of hydrogen-bond acceptors (Lipinski definition) is 1. The summed E-state index contributed by atoms with van der Waals surface area (Å²) >= 11 is 0. The van der Waals surface area contributed by atoms with Crippen LogP contribution in [0.5, 0.6) is 0 Å². The average Bonchev–Trinajstić information content (AvgIpc) is 2.16. The molecule has 90 valence electrons. The second kappa shape index (κ2) is 4.82. The van der Waals surface area contributed by atoms with Crippen LogP contribution in [0.4, 0.5) is 17.6 Å². The molecule has 1 rings (SSSR count). The van der Waals surface area contributed by atoms with E-state index in [2.05, 4.69) is 0 Å². The second-order valence-electron chi connectivity index (χ2n) is 3.59. The molecule has 16 heavy (non-hydrogen) atoms. The molecular formula is C11H12F4O. The summed E-state index contributed by atoms with van der Waals surface area (Å²) in [5, 5.41) is 0. The molecule has 0 aliphatic carbocycles. The molecule has 1 aromatic carbocycles. The van der Waals surface area contributed by atoms with E-state index >= 15 is 0 Å². The Hall–Kier alpha value is -1.10.